The molecule has 2 aromatic rings. The third-order valence-electron chi connectivity index (χ3n) is 7.89. The van der Waals surface area contributed by atoms with Crippen molar-refractivity contribution in [3.05, 3.63) is 45.1 Å². The highest BCUT2D eigenvalue weighted by molar-refractivity contribution is 5.81. The quantitative estimate of drug-likeness (QED) is 0.797. The molecule has 0 radical (unpaired) electrons. The zero-order valence-electron chi connectivity index (χ0n) is 17.7. The molecule has 4 aliphatic rings. The van der Waals surface area contributed by atoms with Gasteiger partial charge in [-0.25, -0.2) is 4.79 Å². The van der Waals surface area contributed by atoms with E-state index in [-0.39, 0.29) is 24.6 Å². The summed E-state index contributed by atoms with van der Waals surface area (Å²) < 4.78 is 2.63. The van der Waals surface area contributed by atoms with Crippen LogP contribution in [-0.4, -0.2) is 21.6 Å². The van der Waals surface area contributed by atoms with Crippen molar-refractivity contribution in [1.29, 1.82) is 0 Å². The van der Waals surface area contributed by atoms with E-state index in [1.54, 1.807) is 31.2 Å². The van der Waals surface area contributed by atoms with Crippen molar-refractivity contribution in [1.82, 2.24) is 14.5 Å². The standard InChI is InChI=1S/C24H31N3O3/c1-2-26-22(29)19-5-3-4-6-20(19)27(23(26)30)15-21(28)25-8-7-24-12-16-9-17(13-24)11-18(10-16)14-24/h3-6,16-18H,2,7-15H2,1H3,(H,25,28). The molecule has 1 heterocycles. The highest BCUT2D eigenvalue weighted by Crippen LogP contribution is 2.61. The second-order valence-corrected chi connectivity index (χ2v) is 9.95. The monoisotopic (exact) mass is 409 g/mol. The number of aromatic nitrogens is 2. The Bertz CT molecular complexity index is 1060. The van der Waals surface area contributed by atoms with E-state index in [4.69, 9.17) is 0 Å². The summed E-state index contributed by atoms with van der Waals surface area (Å²) in [7, 11) is 0. The lowest BCUT2D eigenvalue weighted by Gasteiger charge is -2.57. The van der Waals surface area contributed by atoms with E-state index < -0.39 is 5.69 Å². The number of hydrogen-bond acceptors (Lipinski definition) is 3. The first-order valence-electron chi connectivity index (χ1n) is 11.5. The molecular formula is C24H31N3O3. The van der Waals surface area contributed by atoms with Gasteiger partial charge in [0.15, 0.2) is 0 Å². The molecule has 160 valence electrons. The maximum Gasteiger partial charge on any atom is 0.331 e. The predicted molar refractivity (Wildman–Crippen MR) is 116 cm³/mol. The third-order valence-corrected chi connectivity index (χ3v) is 7.89. The van der Waals surface area contributed by atoms with Gasteiger partial charge in [0, 0.05) is 13.1 Å². The van der Waals surface area contributed by atoms with Crippen molar-refractivity contribution in [2.24, 2.45) is 23.2 Å². The van der Waals surface area contributed by atoms with Gasteiger partial charge in [-0.1, -0.05) is 12.1 Å². The van der Waals surface area contributed by atoms with Crippen LogP contribution in [-0.2, 0) is 17.9 Å². The number of carbonyl (C=O) groups is 1. The molecule has 0 spiro atoms. The molecule has 1 N–H and O–H groups in total. The summed E-state index contributed by atoms with van der Waals surface area (Å²) in [4.78, 5) is 38.1. The minimum atomic E-state index is -0.419. The van der Waals surface area contributed by atoms with Crippen molar-refractivity contribution in [2.75, 3.05) is 6.54 Å². The van der Waals surface area contributed by atoms with E-state index in [0.29, 0.717) is 22.9 Å². The number of nitrogens with zero attached hydrogens (tertiary/aromatic N) is 2. The average molecular weight is 410 g/mol. The van der Waals surface area contributed by atoms with Gasteiger partial charge in [-0.15, -0.1) is 0 Å². The summed E-state index contributed by atoms with van der Waals surface area (Å²) >= 11 is 0. The molecule has 0 aliphatic heterocycles. The Morgan fingerprint density at radius 2 is 1.67 bits per heavy atom. The normalized spacial score (nSPS) is 29.4. The Morgan fingerprint density at radius 3 is 2.30 bits per heavy atom. The minimum Gasteiger partial charge on any atom is -0.355 e. The largest absolute Gasteiger partial charge is 0.355 e. The Labute approximate surface area is 176 Å². The smallest absolute Gasteiger partial charge is 0.331 e. The van der Waals surface area contributed by atoms with Crippen molar-refractivity contribution < 1.29 is 4.79 Å². The van der Waals surface area contributed by atoms with Gasteiger partial charge in [-0.3, -0.25) is 18.7 Å². The van der Waals surface area contributed by atoms with Crippen molar-refractivity contribution >= 4 is 16.8 Å². The van der Waals surface area contributed by atoms with Gasteiger partial charge in [0.05, 0.1) is 10.9 Å². The summed E-state index contributed by atoms with van der Waals surface area (Å²) in [6, 6.07) is 7.02. The molecule has 1 amide bonds. The summed E-state index contributed by atoms with van der Waals surface area (Å²) in [5.41, 5.74) is 0.239. The zero-order valence-corrected chi connectivity index (χ0v) is 17.7. The van der Waals surface area contributed by atoms with Crippen molar-refractivity contribution in [3.8, 4) is 0 Å². The molecular weight excluding hydrogens is 378 g/mol. The average Bonchev–Trinajstić information content (AvgIpc) is 2.70. The molecule has 6 nitrogen and oxygen atoms in total. The molecule has 4 bridgehead atoms. The molecule has 4 fully saturated rings. The number of carbonyl (C=O) groups excluding carboxylic acids is 1. The molecule has 4 saturated carbocycles. The first kappa shape index (κ1) is 19.6. The molecule has 6 rings (SSSR count). The molecule has 1 aromatic heterocycles. The van der Waals surface area contributed by atoms with Gasteiger partial charge in [0.25, 0.3) is 5.56 Å². The number of amides is 1. The van der Waals surface area contributed by atoms with Gasteiger partial charge >= 0.3 is 5.69 Å². The molecule has 1 aromatic carbocycles. The molecule has 0 unspecified atom stereocenters. The van der Waals surface area contributed by atoms with Gasteiger partial charge in [-0.2, -0.15) is 0 Å². The first-order valence-corrected chi connectivity index (χ1v) is 11.5. The van der Waals surface area contributed by atoms with Crippen LogP contribution in [0.15, 0.2) is 33.9 Å². The fourth-order valence-corrected chi connectivity index (χ4v) is 7.07. The van der Waals surface area contributed by atoms with Crippen LogP contribution in [0.1, 0.15) is 51.9 Å². The summed E-state index contributed by atoms with van der Waals surface area (Å²) in [5.74, 6) is 2.57. The fraction of sp³-hybridized carbons (Fsp3) is 0.625. The van der Waals surface area contributed by atoms with Crippen molar-refractivity contribution in [2.45, 2.75) is 65.0 Å². The second kappa shape index (κ2) is 7.40. The van der Waals surface area contributed by atoms with E-state index in [0.717, 1.165) is 24.2 Å². The molecule has 0 saturated heterocycles. The topological polar surface area (TPSA) is 73.1 Å². The maximum atomic E-state index is 12.8. The van der Waals surface area contributed by atoms with Gasteiger partial charge in [0.1, 0.15) is 6.54 Å². The Morgan fingerprint density at radius 1 is 1.03 bits per heavy atom. The Balaban J connectivity index is 1.29. The number of hydrogen-bond donors (Lipinski definition) is 1. The van der Waals surface area contributed by atoms with E-state index in [1.807, 2.05) is 0 Å². The summed E-state index contributed by atoms with van der Waals surface area (Å²) in [5, 5.41) is 3.54. The van der Waals surface area contributed by atoms with Crippen LogP contribution in [0.4, 0.5) is 0 Å². The Hall–Kier alpha value is -2.37. The second-order valence-electron chi connectivity index (χ2n) is 9.95. The van der Waals surface area contributed by atoms with Crippen LogP contribution in [0.3, 0.4) is 0 Å². The van der Waals surface area contributed by atoms with E-state index >= 15 is 0 Å². The van der Waals surface area contributed by atoms with Crippen LogP contribution < -0.4 is 16.6 Å². The van der Waals surface area contributed by atoms with Gasteiger partial charge in [0.2, 0.25) is 5.91 Å². The molecule has 4 aliphatic carbocycles. The lowest BCUT2D eigenvalue weighted by molar-refractivity contribution is -0.122. The number of nitrogens with one attached hydrogen (secondary N) is 1. The highest BCUT2D eigenvalue weighted by atomic mass is 16.2. The van der Waals surface area contributed by atoms with E-state index in [9.17, 15) is 14.4 Å². The van der Waals surface area contributed by atoms with Gasteiger partial charge in [-0.05, 0) is 87.2 Å². The molecule has 30 heavy (non-hydrogen) atoms. The number of rotatable bonds is 6. The fourth-order valence-electron chi connectivity index (χ4n) is 7.07. The number of para-hydroxylation sites is 1. The van der Waals surface area contributed by atoms with E-state index in [2.05, 4.69) is 5.32 Å². The Kier molecular flexibility index (Phi) is 4.83. The van der Waals surface area contributed by atoms with Crippen molar-refractivity contribution in [3.63, 3.8) is 0 Å². The lowest BCUT2D eigenvalue weighted by Crippen LogP contribution is -2.47. The van der Waals surface area contributed by atoms with E-state index in [1.165, 1.54) is 47.7 Å². The van der Waals surface area contributed by atoms with Crippen LogP contribution in [0, 0.1) is 23.2 Å². The maximum absolute atomic E-state index is 12.8. The van der Waals surface area contributed by atoms with Crippen LogP contribution in [0.25, 0.3) is 10.9 Å². The van der Waals surface area contributed by atoms with Gasteiger partial charge < -0.3 is 5.32 Å². The SMILES string of the molecule is CCn1c(=O)c2ccccc2n(CC(=O)NCCC23CC4CC(CC(C4)C2)C3)c1=O. The van der Waals surface area contributed by atoms with Crippen LogP contribution in [0.2, 0.25) is 0 Å². The summed E-state index contributed by atoms with van der Waals surface area (Å²) in [6.45, 7) is 2.68. The third kappa shape index (κ3) is 3.30. The molecule has 0 atom stereocenters. The first-order chi connectivity index (χ1) is 14.5. The minimum absolute atomic E-state index is 0.0551. The van der Waals surface area contributed by atoms with Crippen LogP contribution in [0.5, 0.6) is 0 Å². The summed E-state index contributed by atoms with van der Waals surface area (Å²) in [6.07, 6.45) is 9.33. The molecule has 6 heteroatoms. The predicted octanol–water partition coefficient (Wildman–Crippen LogP) is 2.91. The number of fused-ring (bicyclic) bond motifs is 1. The highest BCUT2D eigenvalue weighted by Gasteiger charge is 2.50. The van der Waals surface area contributed by atoms with Crippen LogP contribution >= 0.6 is 0 Å². The lowest BCUT2D eigenvalue weighted by atomic mass is 9.49. The number of benzene rings is 1. The zero-order chi connectivity index (χ0) is 20.9.